The van der Waals surface area contributed by atoms with E-state index in [9.17, 15) is 9.59 Å². The average molecular weight is 254 g/mol. The van der Waals surface area contributed by atoms with Crippen molar-refractivity contribution in [3.05, 3.63) is 24.0 Å². The van der Waals surface area contributed by atoms with E-state index in [2.05, 4.69) is 10.1 Å². The summed E-state index contributed by atoms with van der Waals surface area (Å²) in [6.07, 6.45) is 1.98. The summed E-state index contributed by atoms with van der Waals surface area (Å²) in [6.45, 7) is 1.42. The summed E-state index contributed by atoms with van der Waals surface area (Å²) >= 11 is 0. The van der Waals surface area contributed by atoms with Crippen molar-refractivity contribution in [1.82, 2.24) is 9.88 Å². The normalized spacial score (nSPS) is 10.1. The van der Waals surface area contributed by atoms with Gasteiger partial charge in [0.2, 0.25) is 0 Å². The van der Waals surface area contributed by atoms with Gasteiger partial charge in [0.15, 0.2) is 0 Å². The summed E-state index contributed by atoms with van der Waals surface area (Å²) in [6, 6.07) is 3.52. The van der Waals surface area contributed by atoms with Crippen LogP contribution in [0.15, 0.2) is 18.3 Å². The van der Waals surface area contributed by atoms with Crippen molar-refractivity contribution in [2.24, 2.45) is 0 Å². The van der Waals surface area contributed by atoms with E-state index in [0.29, 0.717) is 18.8 Å². The minimum Gasteiger partial charge on any atom is -0.469 e. The second kappa shape index (κ2) is 7.50. The van der Waals surface area contributed by atoms with Crippen LogP contribution in [-0.4, -0.2) is 43.8 Å². The first-order valence-electron chi connectivity index (χ1n) is 5.68. The Morgan fingerprint density at radius 2 is 2.17 bits per heavy atom. The number of hydrogen-bond acceptors (Lipinski definition) is 4. The third-order valence-corrected chi connectivity index (χ3v) is 2.44. The summed E-state index contributed by atoms with van der Waals surface area (Å²) in [5.41, 5.74) is 0.553. The molecule has 6 heteroatoms. The molecule has 0 aromatic carbocycles. The van der Waals surface area contributed by atoms with Crippen molar-refractivity contribution in [1.29, 1.82) is 0 Å². The Morgan fingerprint density at radius 1 is 1.39 bits per heavy atom. The number of carbonyl (C=O) groups is 2. The van der Waals surface area contributed by atoms with Crippen molar-refractivity contribution in [3.63, 3.8) is 0 Å². The van der Waals surface area contributed by atoms with Gasteiger partial charge in [-0.1, -0.05) is 0 Å². The van der Waals surface area contributed by atoms with E-state index in [0.717, 1.165) is 0 Å². The Labute approximate surface area is 106 Å². The molecule has 0 spiro atoms. The molecule has 0 bridgehead atoms. The fourth-order valence-corrected chi connectivity index (χ4v) is 1.48. The van der Waals surface area contributed by atoms with Gasteiger partial charge >= 0.3 is 5.97 Å². The lowest BCUT2D eigenvalue weighted by Gasteiger charge is -2.08. The molecule has 0 fully saturated rings. The molecule has 0 aliphatic rings. The molecule has 0 aliphatic carbocycles. The number of nitrogens with zero attached hydrogens (tertiary/aromatic N) is 1. The van der Waals surface area contributed by atoms with Crippen LogP contribution in [0.1, 0.15) is 16.9 Å². The number of aromatic nitrogens is 1. The molecular formula is C12H18N2O4. The van der Waals surface area contributed by atoms with Crippen molar-refractivity contribution in [2.75, 3.05) is 27.4 Å². The first kappa shape index (κ1) is 14.2. The second-order valence-corrected chi connectivity index (χ2v) is 3.66. The van der Waals surface area contributed by atoms with Crippen LogP contribution in [0, 0.1) is 0 Å². The fraction of sp³-hybridized carbons (Fsp3) is 0.500. The number of carbonyl (C=O) groups excluding carboxylic acids is 2. The Hall–Kier alpha value is -1.82. The maximum Gasteiger partial charge on any atom is 0.307 e. The SMILES string of the molecule is COCCn1cccc1C(=O)NCCC(=O)OC. The number of nitrogens with one attached hydrogen (secondary N) is 1. The summed E-state index contributed by atoms with van der Waals surface area (Å²) in [7, 11) is 2.93. The number of rotatable bonds is 7. The number of amides is 1. The number of methoxy groups -OCH3 is 2. The van der Waals surface area contributed by atoms with Gasteiger partial charge in [-0.2, -0.15) is 0 Å². The zero-order valence-corrected chi connectivity index (χ0v) is 10.6. The quantitative estimate of drug-likeness (QED) is 0.716. The predicted octanol–water partition coefficient (Wildman–Crippen LogP) is 0.427. The number of esters is 1. The summed E-state index contributed by atoms with van der Waals surface area (Å²) in [4.78, 5) is 22.7. The average Bonchev–Trinajstić information content (AvgIpc) is 2.84. The molecule has 18 heavy (non-hydrogen) atoms. The zero-order valence-electron chi connectivity index (χ0n) is 10.6. The largest absolute Gasteiger partial charge is 0.469 e. The van der Waals surface area contributed by atoms with Crippen molar-refractivity contribution in [3.8, 4) is 0 Å². The van der Waals surface area contributed by atoms with Crippen LogP contribution in [0.25, 0.3) is 0 Å². The zero-order chi connectivity index (χ0) is 13.4. The topological polar surface area (TPSA) is 69.6 Å². The minimum atomic E-state index is -0.343. The summed E-state index contributed by atoms with van der Waals surface area (Å²) < 4.78 is 11.3. The highest BCUT2D eigenvalue weighted by molar-refractivity contribution is 5.92. The molecule has 100 valence electrons. The smallest absolute Gasteiger partial charge is 0.307 e. The van der Waals surface area contributed by atoms with Crippen LogP contribution in [0.3, 0.4) is 0 Å². The van der Waals surface area contributed by atoms with Crippen LogP contribution in [0.5, 0.6) is 0 Å². The summed E-state index contributed by atoms with van der Waals surface area (Å²) in [5, 5.41) is 2.67. The van der Waals surface area contributed by atoms with Crippen LogP contribution < -0.4 is 5.32 Å². The number of ether oxygens (including phenoxy) is 2. The van der Waals surface area contributed by atoms with E-state index in [1.54, 1.807) is 23.8 Å². The first-order chi connectivity index (χ1) is 8.69. The predicted molar refractivity (Wildman–Crippen MR) is 65.3 cm³/mol. The fourth-order valence-electron chi connectivity index (χ4n) is 1.48. The molecule has 1 amide bonds. The van der Waals surface area contributed by atoms with E-state index in [1.807, 2.05) is 6.20 Å². The molecule has 0 atom stereocenters. The molecule has 6 nitrogen and oxygen atoms in total. The van der Waals surface area contributed by atoms with Gasteiger partial charge in [0.25, 0.3) is 5.91 Å². The number of hydrogen-bond donors (Lipinski definition) is 1. The van der Waals surface area contributed by atoms with Crippen LogP contribution in [-0.2, 0) is 20.8 Å². The van der Waals surface area contributed by atoms with E-state index < -0.39 is 0 Å². The van der Waals surface area contributed by atoms with Gasteiger partial charge in [0.05, 0.1) is 20.1 Å². The van der Waals surface area contributed by atoms with E-state index in [4.69, 9.17) is 4.74 Å². The Bertz CT molecular complexity index is 401. The van der Waals surface area contributed by atoms with E-state index >= 15 is 0 Å². The van der Waals surface area contributed by atoms with Gasteiger partial charge in [-0.3, -0.25) is 9.59 Å². The van der Waals surface area contributed by atoms with Gasteiger partial charge < -0.3 is 19.4 Å². The van der Waals surface area contributed by atoms with Crippen molar-refractivity contribution >= 4 is 11.9 Å². The van der Waals surface area contributed by atoms with Crippen LogP contribution in [0.4, 0.5) is 0 Å². The maximum atomic E-state index is 11.8. The van der Waals surface area contributed by atoms with Gasteiger partial charge in [-0.15, -0.1) is 0 Å². The molecule has 0 saturated heterocycles. The monoisotopic (exact) mass is 254 g/mol. The van der Waals surface area contributed by atoms with Gasteiger partial charge in [0.1, 0.15) is 5.69 Å². The van der Waals surface area contributed by atoms with Gasteiger partial charge in [-0.05, 0) is 12.1 Å². The van der Waals surface area contributed by atoms with E-state index in [-0.39, 0.29) is 24.8 Å². The molecular weight excluding hydrogens is 236 g/mol. The van der Waals surface area contributed by atoms with Crippen molar-refractivity contribution in [2.45, 2.75) is 13.0 Å². The standard InChI is InChI=1S/C12H18N2O4/c1-17-9-8-14-7-3-4-10(14)12(16)13-6-5-11(15)18-2/h3-4,7H,5-6,8-9H2,1-2H3,(H,13,16). The molecule has 0 saturated carbocycles. The van der Waals surface area contributed by atoms with Gasteiger partial charge in [-0.25, -0.2) is 0 Å². The molecule has 1 aromatic rings. The Kier molecular flexibility index (Phi) is 5.93. The summed E-state index contributed by atoms with van der Waals surface area (Å²) in [5.74, 6) is -0.551. The molecule has 0 unspecified atom stereocenters. The Morgan fingerprint density at radius 3 is 2.83 bits per heavy atom. The second-order valence-electron chi connectivity index (χ2n) is 3.66. The lowest BCUT2D eigenvalue weighted by atomic mass is 10.3. The van der Waals surface area contributed by atoms with Crippen LogP contribution in [0.2, 0.25) is 0 Å². The molecule has 0 aliphatic heterocycles. The molecule has 1 aromatic heterocycles. The Balaban J connectivity index is 2.46. The lowest BCUT2D eigenvalue weighted by Crippen LogP contribution is -2.28. The third kappa shape index (κ3) is 4.21. The molecule has 1 heterocycles. The highest BCUT2D eigenvalue weighted by Gasteiger charge is 2.10. The molecule has 1 rings (SSSR count). The molecule has 0 radical (unpaired) electrons. The van der Waals surface area contributed by atoms with Gasteiger partial charge in [0, 0.05) is 26.4 Å². The van der Waals surface area contributed by atoms with Crippen molar-refractivity contribution < 1.29 is 19.1 Å². The highest BCUT2D eigenvalue weighted by atomic mass is 16.5. The molecule has 1 N–H and O–H groups in total. The van der Waals surface area contributed by atoms with E-state index in [1.165, 1.54) is 7.11 Å². The highest BCUT2D eigenvalue weighted by Crippen LogP contribution is 2.02. The first-order valence-corrected chi connectivity index (χ1v) is 5.68. The minimum absolute atomic E-state index is 0.168. The lowest BCUT2D eigenvalue weighted by molar-refractivity contribution is -0.140. The maximum absolute atomic E-state index is 11.8. The van der Waals surface area contributed by atoms with Crippen LogP contribution >= 0.6 is 0 Å². The third-order valence-electron chi connectivity index (χ3n) is 2.44.